The molecule has 3 heteroatoms. The molecule has 1 aromatic heterocycles. The molecule has 1 heterocycles. The van der Waals surface area contributed by atoms with Crippen LogP contribution in [0.15, 0.2) is 273 Å². The van der Waals surface area contributed by atoms with Gasteiger partial charge in [0.1, 0.15) is 0 Å². The van der Waals surface area contributed by atoms with E-state index in [9.17, 15) is 6.85 Å². The Hall–Kier alpha value is -8.92. The number of anilines is 6. The Bertz CT molecular complexity index is 3990. The van der Waals surface area contributed by atoms with Crippen molar-refractivity contribution in [3.05, 3.63) is 295 Å². The molecule has 0 bridgehead atoms. The summed E-state index contributed by atoms with van der Waals surface area (Å²) in [6.07, 6.45) is 0. The zero-order chi connectivity index (χ0) is 51.1. The van der Waals surface area contributed by atoms with Gasteiger partial charge in [-0.05, 0) is 147 Å². The molecule has 12 aromatic rings. The summed E-state index contributed by atoms with van der Waals surface area (Å²) in [5.74, 6) is 0. The molecule has 0 spiro atoms. The summed E-state index contributed by atoms with van der Waals surface area (Å²) in [6.45, 7) is 0. The minimum Gasteiger partial charge on any atom is -0.310 e. The minimum atomic E-state index is -1.50. The maximum Gasteiger partial charge on any atom is 0.0719 e. The quantitative estimate of drug-likeness (QED) is 0.143. The molecular weight excluding hydrogens is 823 g/mol. The number of hydrogen-bond donors (Lipinski definition) is 0. The van der Waals surface area contributed by atoms with Crippen LogP contribution in [0.1, 0.15) is 31.8 Å². The Kier molecular flexibility index (Phi) is 7.79. The zero-order valence-corrected chi connectivity index (χ0v) is 36.8. The summed E-state index contributed by atoms with van der Waals surface area (Å²) < 4.78 is 68.6. The number of para-hydroxylation sites is 6. The first kappa shape index (κ1) is 32.7. The van der Waals surface area contributed by atoms with Crippen LogP contribution in [0.4, 0.5) is 34.1 Å². The van der Waals surface area contributed by atoms with Gasteiger partial charge in [0.2, 0.25) is 0 Å². The molecule has 0 amide bonds. The second-order valence-electron chi connectivity index (χ2n) is 17.1. The predicted octanol–water partition coefficient (Wildman–Crippen LogP) is 17.2. The molecule has 0 saturated carbocycles. The molecule has 13 rings (SSSR count). The molecule has 0 unspecified atom stereocenters. The lowest BCUT2D eigenvalue weighted by molar-refractivity contribution is 0.778. The Labute approximate surface area is 406 Å². The summed E-state index contributed by atoms with van der Waals surface area (Å²) in [4.78, 5) is 4.43. The number of hydrogen-bond acceptors (Lipinski definition) is 2. The van der Waals surface area contributed by atoms with E-state index in [-0.39, 0.29) is 28.4 Å². The van der Waals surface area contributed by atoms with E-state index >= 15 is 0 Å². The zero-order valence-electron chi connectivity index (χ0n) is 43.8. The van der Waals surface area contributed by atoms with Gasteiger partial charge in [0.25, 0.3) is 0 Å². The summed E-state index contributed by atoms with van der Waals surface area (Å²) >= 11 is 0. The van der Waals surface area contributed by atoms with Crippen molar-refractivity contribution < 1.29 is 9.60 Å². The van der Waals surface area contributed by atoms with E-state index in [1.54, 1.807) is 0 Å². The molecule has 3 nitrogen and oxygen atoms in total. The van der Waals surface area contributed by atoms with Crippen LogP contribution in [0.3, 0.4) is 0 Å². The third-order valence-electron chi connectivity index (χ3n) is 13.5. The maximum atomic E-state index is 10.2. The highest BCUT2D eigenvalue weighted by Crippen LogP contribution is 2.60. The van der Waals surface area contributed by atoms with Crippen LogP contribution in [-0.4, -0.2) is 4.57 Å². The van der Waals surface area contributed by atoms with Gasteiger partial charge in [0.05, 0.1) is 26.0 Å². The summed E-state index contributed by atoms with van der Waals surface area (Å²) in [7, 11) is 0. The molecule has 0 atom stereocenters. The number of benzene rings is 11. The first-order valence-electron chi connectivity index (χ1n) is 26.4. The van der Waals surface area contributed by atoms with E-state index in [1.807, 2.05) is 103 Å². The van der Waals surface area contributed by atoms with E-state index in [1.165, 1.54) is 0 Å². The van der Waals surface area contributed by atoms with Crippen LogP contribution < -0.4 is 9.80 Å². The number of nitrogens with zero attached hydrogens (tertiary/aromatic N) is 3. The van der Waals surface area contributed by atoms with Crippen molar-refractivity contribution in [1.82, 2.24) is 4.57 Å². The summed E-state index contributed by atoms with van der Waals surface area (Å²) in [5, 5.41) is 1.88. The standard InChI is InChI=1S/C65H45N3/c1-6-23-48(24-7-1)66(49-25-8-2-9-26-49)53-38-40-61-57(44-53)58-45-54(67(50-27-10-3-11-28-50)51-29-12-4-13-30-51)39-41-62(58)65(61,60-35-20-22-46-21-16-17-33-55(46)60)47-37-42-64-59(43-47)56-34-18-19-36-63(56)68(64)52-31-14-5-15-32-52/h1-45H/i16D,17D,20D,21D,22D,33D,35D. The number of fused-ring (bicyclic) bond motifs is 7. The first-order valence-corrected chi connectivity index (χ1v) is 22.9. The predicted molar refractivity (Wildman–Crippen MR) is 285 cm³/mol. The second-order valence-corrected chi connectivity index (χ2v) is 17.1. The molecule has 0 radical (unpaired) electrons. The molecule has 1 aliphatic carbocycles. The number of rotatable bonds is 9. The van der Waals surface area contributed by atoms with Gasteiger partial charge in [-0.3, -0.25) is 0 Å². The maximum absolute atomic E-state index is 10.2. The van der Waals surface area contributed by atoms with Gasteiger partial charge in [-0.15, -0.1) is 0 Å². The molecular formula is C65H45N3. The molecule has 0 saturated heterocycles. The van der Waals surface area contributed by atoms with Crippen molar-refractivity contribution in [2.75, 3.05) is 9.80 Å². The first-order chi connectivity index (χ1) is 36.7. The normalized spacial score (nSPS) is 14.0. The lowest BCUT2D eigenvalue weighted by Crippen LogP contribution is -2.29. The lowest BCUT2D eigenvalue weighted by Gasteiger charge is -2.35. The Morgan fingerprint density at radius 1 is 0.338 bits per heavy atom. The Morgan fingerprint density at radius 3 is 1.37 bits per heavy atom. The fourth-order valence-electron chi connectivity index (χ4n) is 10.7. The topological polar surface area (TPSA) is 11.4 Å². The van der Waals surface area contributed by atoms with Gasteiger partial charge in [-0.1, -0.05) is 170 Å². The third-order valence-corrected chi connectivity index (χ3v) is 13.5. The van der Waals surface area contributed by atoms with E-state index in [0.29, 0.717) is 0 Å². The highest BCUT2D eigenvalue weighted by molar-refractivity contribution is 6.10. The summed E-state index contributed by atoms with van der Waals surface area (Å²) in [6, 6.07) is 75.6. The molecule has 11 aromatic carbocycles. The SMILES string of the molecule is [2H]c1c([2H])c([2H])c2c(C3(c4ccc5c(c4)c4ccccc4n5-c4ccccc4)c4ccc(N(c5ccccc5)c5ccccc5)cc4-c4cc(N(c5ccccc5)c5ccccc5)ccc43)c([2H])c([2H])c([2H])c2c1[2H]. The molecule has 1 aliphatic rings. The van der Waals surface area contributed by atoms with Crippen molar-refractivity contribution in [2.24, 2.45) is 0 Å². The van der Waals surface area contributed by atoms with Crippen LogP contribution in [0.5, 0.6) is 0 Å². The highest BCUT2D eigenvalue weighted by Gasteiger charge is 2.48. The van der Waals surface area contributed by atoms with E-state index in [0.717, 1.165) is 89.4 Å². The average Bonchev–Trinajstić information content (AvgIpc) is 3.99. The average molecular weight is 875 g/mol. The van der Waals surface area contributed by atoms with E-state index < -0.39 is 35.6 Å². The fourth-order valence-corrected chi connectivity index (χ4v) is 10.7. The van der Waals surface area contributed by atoms with E-state index in [2.05, 4.69) is 142 Å². The molecule has 0 aliphatic heterocycles. The largest absolute Gasteiger partial charge is 0.310 e. The molecule has 0 fully saturated rings. The second kappa shape index (κ2) is 16.2. The van der Waals surface area contributed by atoms with Crippen molar-refractivity contribution >= 4 is 66.7 Å². The van der Waals surface area contributed by atoms with Crippen molar-refractivity contribution in [2.45, 2.75) is 5.41 Å². The smallest absolute Gasteiger partial charge is 0.0719 e. The van der Waals surface area contributed by atoms with Gasteiger partial charge in [0, 0.05) is 50.6 Å². The van der Waals surface area contributed by atoms with E-state index in [4.69, 9.17) is 2.74 Å². The van der Waals surface area contributed by atoms with Crippen molar-refractivity contribution in [1.29, 1.82) is 0 Å². The van der Waals surface area contributed by atoms with Crippen molar-refractivity contribution in [3.63, 3.8) is 0 Å². The van der Waals surface area contributed by atoms with Gasteiger partial charge < -0.3 is 14.4 Å². The lowest BCUT2D eigenvalue weighted by atomic mass is 9.66. The van der Waals surface area contributed by atoms with Crippen LogP contribution >= 0.6 is 0 Å². The van der Waals surface area contributed by atoms with Gasteiger partial charge in [-0.25, -0.2) is 0 Å². The molecule has 320 valence electrons. The van der Waals surface area contributed by atoms with Crippen LogP contribution in [0, 0.1) is 0 Å². The van der Waals surface area contributed by atoms with Crippen LogP contribution in [0.2, 0.25) is 0 Å². The Balaban J connectivity index is 1.21. The fraction of sp³-hybridized carbons (Fsp3) is 0.0154. The Morgan fingerprint density at radius 2 is 0.809 bits per heavy atom. The van der Waals surface area contributed by atoms with Crippen LogP contribution in [-0.2, 0) is 5.41 Å². The number of aromatic nitrogens is 1. The molecule has 0 N–H and O–H groups in total. The molecule has 68 heavy (non-hydrogen) atoms. The van der Waals surface area contributed by atoms with Crippen molar-refractivity contribution in [3.8, 4) is 16.8 Å². The van der Waals surface area contributed by atoms with Gasteiger partial charge in [0.15, 0.2) is 0 Å². The van der Waals surface area contributed by atoms with Crippen LogP contribution in [0.25, 0.3) is 49.4 Å². The highest BCUT2D eigenvalue weighted by atomic mass is 15.1. The monoisotopic (exact) mass is 874 g/mol. The van der Waals surface area contributed by atoms with Gasteiger partial charge in [-0.2, -0.15) is 0 Å². The third kappa shape index (κ3) is 6.21. The van der Waals surface area contributed by atoms with Gasteiger partial charge >= 0.3 is 0 Å². The summed E-state index contributed by atoms with van der Waals surface area (Å²) in [5.41, 5.74) is 11.1. The minimum absolute atomic E-state index is 0.0381.